The molecular weight excluding hydrogens is 346 g/mol. The fourth-order valence-electron chi connectivity index (χ4n) is 3.76. The average Bonchev–Trinajstić information content (AvgIpc) is 2.89. The van der Waals surface area contributed by atoms with Crippen LogP contribution in [-0.4, -0.2) is 33.4 Å². The van der Waals surface area contributed by atoms with Gasteiger partial charge >= 0.3 is 0 Å². The zero-order chi connectivity index (χ0) is 17.9. The maximum absolute atomic E-state index is 12.9. The molecule has 1 aliphatic heterocycles. The minimum absolute atomic E-state index is 0.161. The summed E-state index contributed by atoms with van der Waals surface area (Å²) in [5.74, 6) is 0.535. The van der Waals surface area contributed by atoms with E-state index in [9.17, 15) is 4.79 Å². The largest absolute Gasteiger partial charge is 0.341 e. The van der Waals surface area contributed by atoms with Crippen molar-refractivity contribution in [3.8, 4) is 0 Å². The number of halogens is 1. The van der Waals surface area contributed by atoms with E-state index < -0.39 is 0 Å². The molecule has 5 heteroatoms. The monoisotopic (exact) mass is 367 g/mol. The lowest BCUT2D eigenvalue weighted by atomic mass is 9.94. The van der Waals surface area contributed by atoms with E-state index in [1.54, 1.807) is 6.33 Å². The number of hydrogen-bond donors (Lipinski definition) is 0. The molecule has 2 heterocycles. The van der Waals surface area contributed by atoms with Gasteiger partial charge in [0.1, 0.15) is 6.54 Å². The van der Waals surface area contributed by atoms with Crippen molar-refractivity contribution >= 4 is 28.5 Å². The number of imidazole rings is 1. The van der Waals surface area contributed by atoms with Crippen molar-refractivity contribution in [1.29, 1.82) is 0 Å². The maximum Gasteiger partial charge on any atom is 0.242 e. The zero-order valence-corrected chi connectivity index (χ0v) is 15.4. The van der Waals surface area contributed by atoms with E-state index >= 15 is 0 Å². The minimum atomic E-state index is 0.161. The van der Waals surface area contributed by atoms with Gasteiger partial charge in [0.05, 0.1) is 17.4 Å². The van der Waals surface area contributed by atoms with Crippen LogP contribution >= 0.6 is 11.6 Å². The van der Waals surface area contributed by atoms with Gasteiger partial charge in [0.2, 0.25) is 5.91 Å². The molecule has 0 saturated carbocycles. The number of carbonyl (C=O) groups is 1. The second kappa shape index (κ2) is 7.50. The van der Waals surface area contributed by atoms with Crippen molar-refractivity contribution in [1.82, 2.24) is 14.5 Å². The zero-order valence-electron chi connectivity index (χ0n) is 14.6. The summed E-state index contributed by atoms with van der Waals surface area (Å²) in [6.07, 6.45) is 5.07. The SMILES string of the molecule is O=C(Cn1cnc2ccccc21)N1CCCC[C@H](c2ccc(Cl)cc2)C1. The van der Waals surface area contributed by atoms with Gasteiger partial charge in [-0.2, -0.15) is 0 Å². The van der Waals surface area contributed by atoms with Gasteiger partial charge in [-0.25, -0.2) is 4.98 Å². The molecule has 0 bridgehead atoms. The summed E-state index contributed by atoms with van der Waals surface area (Å²) < 4.78 is 1.94. The summed E-state index contributed by atoms with van der Waals surface area (Å²) in [7, 11) is 0. The normalized spacial score (nSPS) is 18.0. The first-order valence-electron chi connectivity index (χ1n) is 9.14. The van der Waals surface area contributed by atoms with E-state index in [0.29, 0.717) is 12.5 Å². The van der Waals surface area contributed by atoms with E-state index in [1.165, 1.54) is 5.56 Å². The van der Waals surface area contributed by atoms with Gasteiger partial charge in [-0.05, 0) is 42.7 Å². The van der Waals surface area contributed by atoms with Crippen LogP contribution in [0.5, 0.6) is 0 Å². The highest BCUT2D eigenvalue weighted by molar-refractivity contribution is 6.30. The third kappa shape index (κ3) is 3.61. The van der Waals surface area contributed by atoms with Crippen LogP contribution in [0.3, 0.4) is 0 Å². The van der Waals surface area contributed by atoms with E-state index in [1.807, 2.05) is 45.9 Å². The highest BCUT2D eigenvalue weighted by atomic mass is 35.5. The Morgan fingerprint density at radius 2 is 1.92 bits per heavy atom. The fourth-order valence-corrected chi connectivity index (χ4v) is 3.88. The Bertz CT molecular complexity index is 903. The van der Waals surface area contributed by atoms with Crippen molar-refractivity contribution in [2.24, 2.45) is 0 Å². The number of rotatable bonds is 3. The van der Waals surface area contributed by atoms with Gasteiger partial charge in [0, 0.05) is 24.0 Å². The second-order valence-electron chi connectivity index (χ2n) is 6.95. The van der Waals surface area contributed by atoms with Gasteiger partial charge in [0.15, 0.2) is 0 Å². The van der Waals surface area contributed by atoms with E-state index in [-0.39, 0.29) is 5.91 Å². The quantitative estimate of drug-likeness (QED) is 0.684. The summed E-state index contributed by atoms with van der Waals surface area (Å²) in [5, 5.41) is 0.752. The van der Waals surface area contributed by atoms with Crippen molar-refractivity contribution in [3.63, 3.8) is 0 Å². The van der Waals surface area contributed by atoms with Crippen molar-refractivity contribution in [3.05, 3.63) is 65.4 Å². The number of aromatic nitrogens is 2. The van der Waals surface area contributed by atoms with Crippen LogP contribution < -0.4 is 0 Å². The van der Waals surface area contributed by atoms with Gasteiger partial charge in [-0.1, -0.05) is 42.3 Å². The number of benzene rings is 2. The Hall–Kier alpha value is -2.33. The highest BCUT2D eigenvalue weighted by Crippen LogP contribution is 2.27. The van der Waals surface area contributed by atoms with Crippen molar-refractivity contribution < 1.29 is 4.79 Å². The van der Waals surface area contributed by atoms with Crippen LogP contribution in [0.1, 0.15) is 30.7 Å². The summed E-state index contributed by atoms with van der Waals surface area (Å²) in [6, 6.07) is 16.0. The molecule has 3 aromatic rings. The molecule has 1 aromatic heterocycles. The molecule has 0 unspecified atom stereocenters. The molecule has 2 aromatic carbocycles. The molecule has 4 rings (SSSR count). The maximum atomic E-state index is 12.9. The molecular formula is C21H22ClN3O. The lowest BCUT2D eigenvalue weighted by Crippen LogP contribution is -2.36. The summed E-state index contributed by atoms with van der Waals surface area (Å²) >= 11 is 6.02. The molecule has 1 fully saturated rings. The van der Waals surface area contributed by atoms with Crippen LogP contribution in [0.25, 0.3) is 11.0 Å². The molecule has 1 aliphatic rings. The molecule has 4 nitrogen and oxygen atoms in total. The molecule has 0 N–H and O–H groups in total. The third-order valence-electron chi connectivity index (χ3n) is 5.20. The van der Waals surface area contributed by atoms with Crippen LogP contribution in [0.4, 0.5) is 0 Å². The van der Waals surface area contributed by atoms with E-state index in [4.69, 9.17) is 11.6 Å². The van der Waals surface area contributed by atoms with Gasteiger partial charge in [-0.3, -0.25) is 4.79 Å². The predicted octanol–water partition coefficient (Wildman–Crippen LogP) is 4.49. The first-order valence-corrected chi connectivity index (χ1v) is 9.51. The number of hydrogen-bond acceptors (Lipinski definition) is 2. The number of likely N-dealkylation sites (tertiary alicyclic amines) is 1. The number of nitrogens with zero attached hydrogens (tertiary/aromatic N) is 3. The predicted molar refractivity (Wildman–Crippen MR) is 104 cm³/mol. The van der Waals surface area contributed by atoms with Gasteiger partial charge in [-0.15, -0.1) is 0 Å². The molecule has 1 atom stereocenters. The van der Waals surface area contributed by atoms with Crippen molar-refractivity contribution in [2.45, 2.75) is 31.7 Å². The number of amides is 1. The Labute approximate surface area is 158 Å². The third-order valence-corrected chi connectivity index (χ3v) is 5.45. The van der Waals surface area contributed by atoms with Crippen molar-refractivity contribution in [2.75, 3.05) is 13.1 Å². The lowest BCUT2D eigenvalue weighted by Gasteiger charge is -2.25. The molecule has 26 heavy (non-hydrogen) atoms. The first-order chi connectivity index (χ1) is 12.7. The number of para-hydroxylation sites is 2. The van der Waals surface area contributed by atoms with Gasteiger partial charge < -0.3 is 9.47 Å². The summed E-state index contributed by atoms with van der Waals surface area (Å²) in [5.41, 5.74) is 3.20. The summed E-state index contributed by atoms with van der Waals surface area (Å²) in [6.45, 7) is 1.94. The Morgan fingerprint density at radius 1 is 1.12 bits per heavy atom. The topological polar surface area (TPSA) is 38.1 Å². The first kappa shape index (κ1) is 17.1. The molecule has 0 aliphatic carbocycles. The smallest absolute Gasteiger partial charge is 0.242 e. The standard InChI is InChI=1S/C21H22ClN3O/c22-18-10-8-16(9-11-18)17-5-3-4-12-24(13-17)21(26)14-25-15-23-19-6-1-2-7-20(19)25/h1-2,6-11,15,17H,3-5,12-14H2/t17-/m0/s1. The summed E-state index contributed by atoms with van der Waals surface area (Å²) in [4.78, 5) is 19.3. The van der Waals surface area contributed by atoms with Gasteiger partial charge in [0.25, 0.3) is 0 Å². The van der Waals surface area contributed by atoms with Crippen LogP contribution in [0, 0.1) is 0 Å². The van der Waals surface area contributed by atoms with Crippen LogP contribution in [0.2, 0.25) is 5.02 Å². The number of fused-ring (bicyclic) bond motifs is 1. The molecule has 1 saturated heterocycles. The number of carbonyl (C=O) groups excluding carboxylic acids is 1. The van der Waals surface area contributed by atoms with Crippen LogP contribution in [0.15, 0.2) is 54.9 Å². The lowest BCUT2D eigenvalue weighted by molar-refractivity contribution is -0.131. The molecule has 0 spiro atoms. The van der Waals surface area contributed by atoms with Crippen LogP contribution in [-0.2, 0) is 11.3 Å². The minimum Gasteiger partial charge on any atom is -0.341 e. The molecule has 134 valence electrons. The Kier molecular flexibility index (Phi) is 4.93. The van der Waals surface area contributed by atoms with E-state index in [0.717, 1.165) is 48.4 Å². The second-order valence-corrected chi connectivity index (χ2v) is 7.38. The molecule has 1 amide bonds. The Balaban J connectivity index is 1.50. The molecule has 0 radical (unpaired) electrons. The van der Waals surface area contributed by atoms with E-state index in [2.05, 4.69) is 17.1 Å². The fraction of sp³-hybridized carbons (Fsp3) is 0.333. The average molecular weight is 368 g/mol. The Morgan fingerprint density at radius 3 is 2.77 bits per heavy atom. The highest BCUT2D eigenvalue weighted by Gasteiger charge is 2.23.